The van der Waals surface area contributed by atoms with E-state index in [1.165, 1.54) is 20.3 Å². The fraction of sp³-hybridized carbons (Fsp3) is 0.120. The van der Waals surface area contributed by atoms with E-state index in [1.807, 2.05) is 24.3 Å². The van der Waals surface area contributed by atoms with Crippen molar-refractivity contribution in [2.24, 2.45) is 0 Å². The Morgan fingerprint density at radius 3 is 2.00 bits per heavy atom. The molecule has 0 saturated heterocycles. The van der Waals surface area contributed by atoms with Crippen LogP contribution in [0.1, 0.15) is 22.8 Å². The van der Waals surface area contributed by atoms with Crippen molar-refractivity contribution in [1.82, 2.24) is 0 Å². The van der Waals surface area contributed by atoms with Crippen molar-refractivity contribution in [3.8, 4) is 11.5 Å². The van der Waals surface area contributed by atoms with Crippen LogP contribution in [0.25, 0.3) is 5.57 Å². The second kappa shape index (κ2) is 10.5. The Hall–Kier alpha value is -3.77. The van der Waals surface area contributed by atoms with Gasteiger partial charge in [-0.05, 0) is 36.3 Å². The maximum absolute atomic E-state index is 12.6. The number of ether oxygens (including phenoxy) is 2. The molecule has 2 N–H and O–H groups in total. The highest BCUT2D eigenvalue weighted by atomic mass is 35.5. The minimum atomic E-state index is -0.358. The van der Waals surface area contributed by atoms with E-state index in [4.69, 9.17) is 21.1 Å². The fourth-order valence-corrected chi connectivity index (χ4v) is 3.39. The average Bonchev–Trinajstić information content (AvgIpc) is 2.80. The molecule has 3 aromatic carbocycles. The molecule has 0 unspecified atom stereocenters. The lowest BCUT2D eigenvalue weighted by atomic mass is 10.1. The number of carbonyl (C=O) groups is 2. The van der Waals surface area contributed by atoms with Crippen LogP contribution in [-0.4, -0.2) is 26.0 Å². The number of carbonyl (C=O) groups excluding carboxylic acids is 2. The lowest BCUT2D eigenvalue weighted by Crippen LogP contribution is -2.14. The van der Waals surface area contributed by atoms with Crippen molar-refractivity contribution < 1.29 is 19.1 Å². The van der Waals surface area contributed by atoms with E-state index < -0.39 is 0 Å². The molecule has 0 aliphatic rings. The number of hydrogen-bond acceptors (Lipinski definition) is 4. The van der Waals surface area contributed by atoms with E-state index in [-0.39, 0.29) is 11.8 Å². The van der Waals surface area contributed by atoms with Crippen molar-refractivity contribution in [3.05, 3.63) is 89.0 Å². The lowest BCUT2D eigenvalue weighted by Gasteiger charge is -2.16. The summed E-state index contributed by atoms with van der Waals surface area (Å²) in [6.07, 6.45) is 1.46. The molecule has 6 nitrogen and oxygen atoms in total. The summed E-state index contributed by atoms with van der Waals surface area (Å²) >= 11 is 6.21. The summed E-state index contributed by atoms with van der Waals surface area (Å²) in [6, 6.07) is 19.3. The number of methoxy groups -OCH3 is 2. The van der Waals surface area contributed by atoms with E-state index in [2.05, 4.69) is 10.6 Å². The van der Waals surface area contributed by atoms with E-state index in [9.17, 15) is 9.59 Å². The van der Waals surface area contributed by atoms with Crippen LogP contribution >= 0.6 is 11.6 Å². The van der Waals surface area contributed by atoms with Crippen LogP contribution in [0.15, 0.2) is 72.8 Å². The molecule has 164 valence electrons. The van der Waals surface area contributed by atoms with Crippen molar-refractivity contribution in [3.63, 3.8) is 0 Å². The fourth-order valence-electron chi connectivity index (χ4n) is 3.10. The van der Waals surface area contributed by atoms with Crippen molar-refractivity contribution in [2.75, 3.05) is 24.9 Å². The molecule has 0 aliphatic carbocycles. The zero-order chi connectivity index (χ0) is 23.1. The molecule has 2 amide bonds. The summed E-state index contributed by atoms with van der Waals surface area (Å²) in [5, 5.41) is 6.16. The minimum Gasteiger partial charge on any atom is -0.494 e. The van der Waals surface area contributed by atoms with Crippen LogP contribution in [-0.2, 0) is 4.79 Å². The summed E-state index contributed by atoms with van der Waals surface area (Å²) in [7, 11) is 2.96. The smallest absolute Gasteiger partial charge is 0.255 e. The minimum absolute atomic E-state index is 0.291. The number of hydrogen-bond donors (Lipinski definition) is 2. The van der Waals surface area contributed by atoms with E-state index in [0.717, 1.165) is 5.56 Å². The molecular weight excluding hydrogens is 428 g/mol. The Balaban J connectivity index is 1.84. The standard InChI is InChI=1S/C25H23ClN2O4/c1-16(18-11-7-8-12-19(18)26)13-24(29)27-20-14-23(32-3)21(15-22(20)31-2)28-25(30)17-9-5-4-6-10-17/h4-15H,1-3H3,(H,27,29)(H,28,30)/b16-13-. The Kier molecular flexibility index (Phi) is 7.52. The van der Waals surface area contributed by atoms with Crippen LogP contribution in [0.5, 0.6) is 11.5 Å². The van der Waals surface area contributed by atoms with Crippen LogP contribution < -0.4 is 20.1 Å². The average molecular weight is 451 g/mol. The van der Waals surface area contributed by atoms with E-state index >= 15 is 0 Å². The van der Waals surface area contributed by atoms with Gasteiger partial charge < -0.3 is 20.1 Å². The first kappa shape index (κ1) is 22.9. The number of nitrogens with one attached hydrogen (secondary N) is 2. The molecule has 7 heteroatoms. The van der Waals surface area contributed by atoms with Gasteiger partial charge in [-0.15, -0.1) is 0 Å². The number of amides is 2. The first-order valence-electron chi connectivity index (χ1n) is 9.79. The Bertz CT molecular complexity index is 1160. The molecule has 0 radical (unpaired) electrons. The normalized spacial score (nSPS) is 10.9. The van der Waals surface area contributed by atoms with E-state index in [0.29, 0.717) is 39.0 Å². The maximum atomic E-state index is 12.6. The van der Waals surface area contributed by atoms with Crippen molar-refractivity contribution in [2.45, 2.75) is 6.92 Å². The summed E-state index contributed by atoms with van der Waals surface area (Å²) in [5.41, 5.74) is 2.80. The summed E-state index contributed by atoms with van der Waals surface area (Å²) < 4.78 is 10.8. The van der Waals surface area contributed by atoms with Crippen LogP contribution in [0.3, 0.4) is 0 Å². The zero-order valence-electron chi connectivity index (χ0n) is 17.9. The van der Waals surface area contributed by atoms with Gasteiger partial charge >= 0.3 is 0 Å². The molecule has 3 aromatic rings. The number of allylic oxidation sites excluding steroid dienone is 1. The Morgan fingerprint density at radius 2 is 1.41 bits per heavy atom. The molecule has 0 heterocycles. The lowest BCUT2D eigenvalue weighted by molar-refractivity contribution is -0.111. The van der Waals surface area contributed by atoms with Crippen LogP contribution in [0, 0.1) is 0 Å². The topological polar surface area (TPSA) is 76.7 Å². The number of rotatable bonds is 7. The predicted molar refractivity (Wildman–Crippen MR) is 128 cm³/mol. The molecule has 0 spiro atoms. The Labute approximate surface area is 191 Å². The number of anilines is 2. The molecule has 0 atom stereocenters. The predicted octanol–water partition coefficient (Wildman–Crippen LogP) is 5.65. The van der Waals surface area contributed by atoms with Gasteiger partial charge in [-0.25, -0.2) is 0 Å². The second-order valence-corrected chi connectivity index (χ2v) is 7.28. The quantitative estimate of drug-likeness (QED) is 0.456. The molecule has 0 aromatic heterocycles. The van der Waals surface area contributed by atoms with Gasteiger partial charge in [0.1, 0.15) is 11.5 Å². The SMILES string of the molecule is COc1cc(NC(=O)c2ccccc2)c(OC)cc1NC(=O)/C=C(/C)c1ccccc1Cl. The van der Waals surface area contributed by atoms with Gasteiger partial charge in [0.2, 0.25) is 5.91 Å². The van der Waals surface area contributed by atoms with E-state index in [1.54, 1.807) is 49.4 Å². The molecule has 32 heavy (non-hydrogen) atoms. The molecule has 0 bridgehead atoms. The number of benzene rings is 3. The highest BCUT2D eigenvalue weighted by Crippen LogP contribution is 2.37. The monoisotopic (exact) mass is 450 g/mol. The van der Waals surface area contributed by atoms with Gasteiger partial charge in [0.05, 0.1) is 25.6 Å². The molecule has 0 saturated carbocycles. The summed E-state index contributed by atoms with van der Waals surface area (Å²) in [6.45, 7) is 1.81. The summed E-state index contributed by atoms with van der Waals surface area (Å²) in [5.74, 6) is 0.0911. The van der Waals surface area contributed by atoms with Crippen molar-refractivity contribution >= 4 is 40.4 Å². The van der Waals surface area contributed by atoms with Gasteiger partial charge in [-0.3, -0.25) is 9.59 Å². The third-order valence-electron chi connectivity index (χ3n) is 4.71. The van der Waals surface area contributed by atoms with Gasteiger partial charge in [0, 0.05) is 28.8 Å². The van der Waals surface area contributed by atoms with Crippen LogP contribution in [0.2, 0.25) is 5.02 Å². The maximum Gasteiger partial charge on any atom is 0.255 e. The second-order valence-electron chi connectivity index (χ2n) is 6.87. The zero-order valence-corrected chi connectivity index (χ0v) is 18.7. The third-order valence-corrected chi connectivity index (χ3v) is 5.04. The molecular formula is C25H23ClN2O4. The van der Waals surface area contributed by atoms with Gasteiger partial charge in [-0.2, -0.15) is 0 Å². The summed E-state index contributed by atoms with van der Waals surface area (Å²) in [4.78, 5) is 25.2. The third kappa shape index (κ3) is 5.47. The largest absolute Gasteiger partial charge is 0.494 e. The van der Waals surface area contributed by atoms with Crippen molar-refractivity contribution in [1.29, 1.82) is 0 Å². The molecule has 3 rings (SSSR count). The molecule has 0 fully saturated rings. The highest BCUT2D eigenvalue weighted by molar-refractivity contribution is 6.32. The first-order chi connectivity index (χ1) is 15.4. The first-order valence-corrected chi connectivity index (χ1v) is 10.2. The van der Waals surface area contributed by atoms with Gasteiger partial charge in [-0.1, -0.05) is 48.0 Å². The highest BCUT2D eigenvalue weighted by Gasteiger charge is 2.16. The number of halogens is 1. The Morgan fingerprint density at radius 1 is 0.844 bits per heavy atom. The molecule has 0 aliphatic heterocycles. The van der Waals surface area contributed by atoms with Crippen LogP contribution in [0.4, 0.5) is 11.4 Å². The van der Waals surface area contributed by atoms with Gasteiger partial charge in [0.25, 0.3) is 5.91 Å². The van der Waals surface area contributed by atoms with Gasteiger partial charge in [0.15, 0.2) is 0 Å².